The van der Waals surface area contributed by atoms with Gasteiger partial charge in [-0.1, -0.05) is 30.7 Å². The van der Waals surface area contributed by atoms with Crippen LogP contribution >= 0.6 is 11.6 Å². The van der Waals surface area contributed by atoms with Crippen LogP contribution in [0.2, 0.25) is 5.02 Å². The normalized spacial score (nSPS) is 10.6. The van der Waals surface area contributed by atoms with Crippen LogP contribution in [-0.4, -0.2) is 22.3 Å². The number of hydrogen-bond donors (Lipinski definition) is 1. The van der Waals surface area contributed by atoms with Crippen LogP contribution in [0.3, 0.4) is 0 Å². The highest BCUT2D eigenvalue weighted by Gasteiger charge is 2.20. The predicted molar refractivity (Wildman–Crippen MR) is 98.7 cm³/mol. The summed E-state index contributed by atoms with van der Waals surface area (Å²) in [6.07, 6.45) is 2.39. The summed E-state index contributed by atoms with van der Waals surface area (Å²) in [6.45, 7) is 2.41. The van der Waals surface area contributed by atoms with E-state index in [1.807, 2.05) is 6.92 Å². The van der Waals surface area contributed by atoms with Gasteiger partial charge in [0.15, 0.2) is 11.4 Å². The van der Waals surface area contributed by atoms with Crippen LogP contribution in [0.4, 0.5) is 10.1 Å². The minimum Gasteiger partial charge on any atom is -0.489 e. The summed E-state index contributed by atoms with van der Waals surface area (Å²) in [7, 11) is 0. The Bertz CT molecular complexity index is 909. The van der Waals surface area contributed by atoms with Gasteiger partial charge < -0.3 is 10.1 Å². The average molecular weight is 374 g/mol. The minimum atomic E-state index is -0.440. The Morgan fingerprint density at radius 2 is 1.96 bits per heavy atom. The van der Waals surface area contributed by atoms with Gasteiger partial charge in [-0.05, 0) is 42.8 Å². The molecule has 134 valence electrons. The lowest BCUT2D eigenvalue weighted by Gasteiger charge is -2.07. The van der Waals surface area contributed by atoms with Crippen molar-refractivity contribution in [2.75, 3.05) is 11.9 Å². The third kappa shape index (κ3) is 4.03. The van der Waals surface area contributed by atoms with Crippen molar-refractivity contribution >= 4 is 23.2 Å². The number of benzene rings is 2. The second-order valence-electron chi connectivity index (χ2n) is 5.55. The molecule has 7 heteroatoms. The first-order valence-electron chi connectivity index (χ1n) is 8.12. The van der Waals surface area contributed by atoms with Crippen LogP contribution in [0.25, 0.3) is 5.69 Å². The fourth-order valence-electron chi connectivity index (χ4n) is 2.30. The summed E-state index contributed by atoms with van der Waals surface area (Å²) in [5, 5.41) is 7.46. The molecule has 1 aromatic heterocycles. The van der Waals surface area contributed by atoms with E-state index in [1.165, 1.54) is 16.8 Å². The maximum atomic E-state index is 13.1. The number of para-hydroxylation sites is 1. The third-order valence-corrected chi connectivity index (χ3v) is 3.90. The number of rotatable bonds is 6. The lowest BCUT2D eigenvalue weighted by molar-refractivity contribution is 0.101. The van der Waals surface area contributed by atoms with Crippen molar-refractivity contribution in [1.29, 1.82) is 0 Å². The average Bonchev–Trinajstić information content (AvgIpc) is 3.07. The SMILES string of the molecule is CCCOc1cn(-c2ccc(F)cc2)nc1C(=O)Nc1ccccc1Cl. The van der Waals surface area contributed by atoms with Gasteiger partial charge in [-0.15, -0.1) is 0 Å². The van der Waals surface area contributed by atoms with Gasteiger partial charge in [0.1, 0.15) is 5.82 Å². The molecule has 0 atom stereocenters. The van der Waals surface area contributed by atoms with E-state index in [1.54, 1.807) is 42.6 Å². The van der Waals surface area contributed by atoms with Crippen LogP contribution in [0.1, 0.15) is 23.8 Å². The van der Waals surface area contributed by atoms with Crippen LogP contribution in [-0.2, 0) is 0 Å². The molecule has 1 heterocycles. The molecule has 3 aromatic rings. The summed E-state index contributed by atoms with van der Waals surface area (Å²) in [5.41, 5.74) is 1.23. The molecule has 0 bridgehead atoms. The number of anilines is 1. The molecule has 3 rings (SSSR count). The quantitative estimate of drug-likeness (QED) is 0.681. The van der Waals surface area contributed by atoms with Crippen molar-refractivity contribution in [1.82, 2.24) is 9.78 Å². The number of nitrogens with zero attached hydrogens (tertiary/aromatic N) is 2. The molecular formula is C19H17ClFN3O2. The zero-order valence-electron chi connectivity index (χ0n) is 14.1. The number of aromatic nitrogens is 2. The first-order chi connectivity index (χ1) is 12.6. The van der Waals surface area contributed by atoms with Gasteiger partial charge in [0.25, 0.3) is 5.91 Å². The summed E-state index contributed by atoms with van der Waals surface area (Å²) >= 11 is 6.09. The molecule has 2 aromatic carbocycles. The third-order valence-electron chi connectivity index (χ3n) is 3.57. The number of carbonyl (C=O) groups is 1. The lowest BCUT2D eigenvalue weighted by atomic mass is 10.3. The van der Waals surface area contributed by atoms with E-state index in [0.717, 1.165) is 6.42 Å². The highest BCUT2D eigenvalue weighted by molar-refractivity contribution is 6.33. The van der Waals surface area contributed by atoms with Gasteiger partial charge in [0.05, 0.1) is 29.2 Å². The van der Waals surface area contributed by atoms with Gasteiger partial charge in [0, 0.05) is 0 Å². The van der Waals surface area contributed by atoms with E-state index in [0.29, 0.717) is 28.8 Å². The second kappa shape index (κ2) is 8.01. The van der Waals surface area contributed by atoms with Gasteiger partial charge in [-0.3, -0.25) is 4.79 Å². The number of carbonyl (C=O) groups excluding carboxylic acids is 1. The number of ether oxygens (including phenoxy) is 1. The van der Waals surface area contributed by atoms with E-state index in [4.69, 9.17) is 16.3 Å². The maximum absolute atomic E-state index is 13.1. The number of nitrogens with one attached hydrogen (secondary N) is 1. The standard InChI is InChI=1S/C19H17ClFN3O2/c1-2-11-26-17-12-24(14-9-7-13(21)8-10-14)23-18(17)19(25)22-16-6-4-3-5-15(16)20/h3-10,12H,2,11H2,1H3,(H,22,25). The molecule has 1 N–H and O–H groups in total. The summed E-state index contributed by atoms with van der Waals surface area (Å²) < 4.78 is 20.3. The van der Waals surface area contributed by atoms with E-state index >= 15 is 0 Å². The lowest BCUT2D eigenvalue weighted by Crippen LogP contribution is -2.15. The number of halogens is 2. The van der Waals surface area contributed by atoms with Crippen molar-refractivity contribution in [2.24, 2.45) is 0 Å². The molecule has 0 radical (unpaired) electrons. The van der Waals surface area contributed by atoms with Gasteiger partial charge in [-0.25, -0.2) is 9.07 Å². The Morgan fingerprint density at radius 3 is 2.65 bits per heavy atom. The fraction of sp³-hybridized carbons (Fsp3) is 0.158. The highest BCUT2D eigenvalue weighted by Crippen LogP contribution is 2.25. The molecule has 0 aliphatic carbocycles. The Hall–Kier alpha value is -2.86. The minimum absolute atomic E-state index is 0.127. The Kier molecular flexibility index (Phi) is 5.53. The van der Waals surface area contributed by atoms with Gasteiger partial charge >= 0.3 is 0 Å². The van der Waals surface area contributed by atoms with Gasteiger partial charge in [-0.2, -0.15) is 5.10 Å². The number of amides is 1. The first-order valence-corrected chi connectivity index (χ1v) is 8.50. The Balaban J connectivity index is 1.92. The largest absolute Gasteiger partial charge is 0.489 e. The fourth-order valence-corrected chi connectivity index (χ4v) is 2.49. The molecule has 5 nitrogen and oxygen atoms in total. The van der Waals surface area contributed by atoms with Crippen LogP contribution in [0, 0.1) is 5.82 Å². The van der Waals surface area contributed by atoms with E-state index in [2.05, 4.69) is 10.4 Å². The topological polar surface area (TPSA) is 56.2 Å². The molecule has 0 unspecified atom stereocenters. The zero-order chi connectivity index (χ0) is 18.5. The molecule has 0 aliphatic heterocycles. The summed E-state index contributed by atoms with van der Waals surface area (Å²) in [4.78, 5) is 12.7. The monoisotopic (exact) mass is 373 g/mol. The Labute approximate surface area is 155 Å². The van der Waals surface area contributed by atoms with Crippen molar-refractivity contribution < 1.29 is 13.9 Å². The first kappa shape index (κ1) is 17.9. The van der Waals surface area contributed by atoms with Crippen LogP contribution in [0.15, 0.2) is 54.7 Å². The second-order valence-corrected chi connectivity index (χ2v) is 5.95. The van der Waals surface area contributed by atoms with E-state index in [-0.39, 0.29) is 11.5 Å². The van der Waals surface area contributed by atoms with Crippen LogP contribution in [0.5, 0.6) is 5.75 Å². The molecule has 0 spiro atoms. The number of hydrogen-bond acceptors (Lipinski definition) is 3. The smallest absolute Gasteiger partial charge is 0.280 e. The van der Waals surface area contributed by atoms with Gasteiger partial charge in [0.2, 0.25) is 0 Å². The van der Waals surface area contributed by atoms with E-state index in [9.17, 15) is 9.18 Å². The van der Waals surface area contributed by atoms with Crippen LogP contribution < -0.4 is 10.1 Å². The molecule has 0 aliphatic rings. The molecule has 1 amide bonds. The molecule has 0 saturated heterocycles. The molecule has 0 saturated carbocycles. The summed E-state index contributed by atoms with van der Waals surface area (Å²) in [5.74, 6) is -0.439. The van der Waals surface area contributed by atoms with Crippen molar-refractivity contribution in [3.05, 3.63) is 71.3 Å². The van der Waals surface area contributed by atoms with Crippen molar-refractivity contribution in [3.8, 4) is 11.4 Å². The van der Waals surface area contributed by atoms with Crippen molar-refractivity contribution in [3.63, 3.8) is 0 Å². The predicted octanol–water partition coefficient (Wildman–Crippen LogP) is 4.71. The summed E-state index contributed by atoms with van der Waals surface area (Å²) in [6, 6.07) is 12.7. The maximum Gasteiger partial charge on any atom is 0.280 e. The Morgan fingerprint density at radius 1 is 1.23 bits per heavy atom. The van der Waals surface area contributed by atoms with Crippen molar-refractivity contribution in [2.45, 2.75) is 13.3 Å². The molecule has 26 heavy (non-hydrogen) atoms. The highest BCUT2D eigenvalue weighted by atomic mass is 35.5. The molecule has 0 fully saturated rings. The zero-order valence-corrected chi connectivity index (χ0v) is 14.8. The van der Waals surface area contributed by atoms with E-state index < -0.39 is 5.91 Å². The molecular weight excluding hydrogens is 357 g/mol.